The predicted octanol–water partition coefficient (Wildman–Crippen LogP) is 5.84. The molecule has 0 bridgehead atoms. The van der Waals surface area contributed by atoms with Gasteiger partial charge in [0.15, 0.2) is 11.6 Å². The first-order valence-corrected chi connectivity index (χ1v) is 10.9. The van der Waals surface area contributed by atoms with Crippen molar-refractivity contribution >= 4 is 11.9 Å². The quantitative estimate of drug-likeness (QED) is 0.223. The second kappa shape index (κ2) is 12.5. The molecule has 0 fully saturated rings. The highest BCUT2D eigenvalue weighted by molar-refractivity contribution is 5.87. The molecule has 0 radical (unpaired) electrons. The highest BCUT2D eigenvalue weighted by Crippen LogP contribution is 2.27. The SMILES string of the molecule is C=C(C)COc1ccc(-c2ccc(CC(COC(=O)C(=C)C)COC(=O)C(=C)C)cc2)cc1F. The minimum Gasteiger partial charge on any atom is -0.486 e. The maximum atomic E-state index is 14.4. The third kappa shape index (κ3) is 8.35. The van der Waals surface area contributed by atoms with E-state index in [2.05, 4.69) is 19.7 Å². The largest absolute Gasteiger partial charge is 0.486 e. The van der Waals surface area contributed by atoms with Crippen LogP contribution in [0.25, 0.3) is 11.1 Å². The molecule has 5 nitrogen and oxygen atoms in total. The highest BCUT2D eigenvalue weighted by atomic mass is 19.1. The molecule has 0 aliphatic carbocycles. The van der Waals surface area contributed by atoms with Gasteiger partial charge in [0.05, 0.1) is 13.2 Å². The molecule has 180 valence electrons. The summed E-state index contributed by atoms with van der Waals surface area (Å²) in [7, 11) is 0. The lowest BCUT2D eigenvalue weighted by molar-refractivity contribution is -0.144. The number of esters is 2. The van der Waals surface area contributed by atoms with E-state index in [0.717, 1.165) is 16.7 Å². The van der Waals surface area contributed by atoms with E-state index >= 15 is 0 Å². The summed E-state index contributed by atoms with van der Waals surface area (Å²) in [4.78, 5) is 23.6. The Labute approximate surface area is 200 Å². The van der Waals surface area contributed by atoms with Crippen LogP contribution >= 0.6 is 0 Å². The molecule has 34 heavy (non-hydrogen) atoms. The zero-order valence-electron chi connectivity index (χ0n) is 20.0. The molecular weight excluding hydrogens is 435 g/mol. The van der Waals surface area contributed by atoms with Gasteiger partial charge in [-0.05, 0) is 61.6 Å². The first-order chi connectivity index (χ1) is 16.1. The lowest BCUT2D eigenvalue weighted by Gasteiger charge is -2.18. The maximum Gasteiger partial charge on any atom is 0.333 e. The van der Waals surface area contributed by atoms with Crippen LogP contribution in [0.1, 0.15) is 26.3 Å². The average Bonchev–Trinajstić information content (AvgIpc) is 2.79. The van der Waals surface area contributed by atoms with Crippen LogP contribution in [0, 0.1) is 11.7 Å². The summed E-state index contributed by atoms with van der Waals surface area (Å²) in [6.07, 6.45) is 0.509. The van der Waals surface area contributed by atoms with Crippen molar-refractivity contribution in [2.24, 2.45) is 5.92 Å². The van der Waals surface area contributed by atoms with Crippen molar-refractivity contribution in [3.05, 3.63) is 90.3 Å². The molecule has 6 heteroatoms. The number of carbonyl (C=O) groups is 2. The third-order valence-corrected chi connectivity index (χ3v) is 4.81. The molecule has 0 aromatic heterocycles. The summed E-state index contributed by atoms with van der Waals surface area (Å²) < 4.78 is 30.3. The molecule has 0 heterocycles. The topological polar surface area (TPSA) is 61.8 Å². The van der Waals surface area contributed by atoms with E-state index in [1.54, 1.807) is 26.0 Å². The van der Waals surface area contributed by atoms with E-state index in [4.69, 9.17) is 14.2 Å². The molecule has 0 spiro atoms. The van der Waals surface area contributed by atoms with Gasteiger partial charge >= 0.3 is 11.9 Å². The lowest BCUT2D eigenvalue weighted by atomic mass is 9.97. The van der Waals surface area contributed by atoms with Crippen molar-refractivity contribution in [2.75, 3.05) is 19.8 Å². The maximum absolute atomic E-state index is 14.4. The van der Waals surface area contributed by atoms with Crippen molar-refractivity contribution in [3.8, 4) is 16.9 Å². The third-order valence-electron chi connectivity index (χ3n) is 4.81. The molecule has 0 atom stereocenters. The van der Waals surface area contributed by atoms with Crippen LogP contribution in [0.4, 0.5) is 4.39 Å². The molecule has 0 aliphatic heterocycles. The highest BCUT2D eigenvalue weighted by Gasteiger charge is 2.17. The Bertz CT molecular complexity index is 1040. The molecule has 0 unspecified atom stereocenters. The van der Waals surface area contributed by atoms with Crippen LogP contribution in [0.5, 0.6) is 5.75 Å². The normalized spacial score (nSPS) is 10.5. The van der Waals surface area contributed by atoms with Gasteiger partial charge in [0.25, 0.3) is 0 Å². The Hall–Kier alpha value is -3.67. The number of halogens is 1. The Kier molecular flexibility index (Phi) is 9.80. The smallest absolute Gasteiger partial charge is 0.333 e. The van der Waals surface area contributed by atoms with Crippen LogP contribution in [-0.2, 0) is 25.5 Å². The fraction of sp³-hybridized carbons (Fsp3) is 0.286. The second-order valence-electron chi connectivity index (χ2n) is 8.42. The standard InChI is InChI=1S/C28H31FO5/c1-18(2)15-32-26-12-11-24(14-25(26)29)23-9-7-21(8-10-23)13-22(16-33-27(30)19(3)4)17-34-28(31)20(5)6/h7-12,14,22H,1,3,5,13,15-17H2,2,4,6H3. The van der Waals surface area contributed by atoms with Gasteiger partial charge in [0, 0.05) is 17.1 Å². The minimum atomic E-state index is -0.496. The van der Waals surface area contributed by atoms with E-state index in [9.17, 15) is 14.0 Å². The van der Waals surface area contributed by atoms with Crippen molar-refractivity contribution in [2.45, 2.75) is 27.2 Å². The zero-order chi connectivity index (χ0) is 25.3. The van der Waals surface area contributed by atoms with Gasteiger partial charge in [-0.3, -0.25) is 0 Å². The fourth-order valence-corrected chi connectivity index (χ4v) is 2.96. The van der Waals surface area contributed by atoms with Crippen molar-refractivity contribution < 1.29 is 28.2 Å². The molecule has 2 rings (SSSR count). The van der Waals surface area contributed by atoms with Gasteiger partial charge < -0.3 is 14.2 Å². The Morgan fingerprint density at radius 1 is 0.853 bits per heavy atom. The average molecular weight is 467 g/mol. The van der Waals surface area contributed by atoms with Crippen LogP contribution in [0.2, 0.25) is 0 Å². The van der Waals surface area contributed by atoms with Gasteiger partial charge in [0.2, 0.25) is 0 Å². The monoisotopic (exact) mass is 466 g/mol. The second-order valence-corrected chi connectivity index (χ2v) is 8.42. The summed E-state index contributed by atoms with van der Waals surface area (Å²) >= 11 is 0. The van der Waals surface area contributed by atoms with Gasteiger partial charge in [-0.25, -0.2) is 14.0 Å². The summed E-state index contributed by atoms with van der Waals surface area (Å²) in [5, 5.41) is 0. The van der Waals surface area contributed by atoms with Crippen molar-refractivity contribution in [1.29, 1.82) is 0 Å². The minimum absolute atomic E-state index is 0.0772. The molecule has 2 aromatic rings. The Morgan fingerprint density at radius 3 is 1.85 bits per heavy atom. The number of carbonyl (C=O) groups excluding carboxylic acids is 2. The van der Waals surface area contributed by atoms with E-state index < -0.39 is 17.8 Å². The Balaban J connectivity index is 2.09. The molecule has 0 saturated carbocycles. The number of ether oxygens (including phenoxy) is 3. The van der Waals surface area contributed by atoms with E-state index in [0.29, 0.717) is 23.1 Å². The van der Waals surface area contributed by atoms with E-state index in [1.807, 2.05) is 31.2 Å². The fourth-order valence-electron chi connectivity index (χ4n) is 2.96. The van der Waals surface area contributed by atoms with Crippen LogP contribution < -0.4 is 4.74 Å². The van der Waals surface area contributed by atoms with Crippen LogP contribution in [0.15, 0.2) is 78.9 Å². The molecule has 0 aliphatic rings. The molecular formula is C28H31FO5. The number of rotatable bonds is 12. The van der Waals surface area contributed by atoms with Crippen LogP contribution in [-0.4, -0.2) is 31.8 Å². The molecule has 0 N–H and O–H groups in total. The Morgan fingerprint density at radius 2 is 1.38 bits per heavy atom. The summed E-state index contributed by atoms with van der Waals surface area (Å²) in [5.74, 6) is -1.51. The summed E-state index contributed by atoms with van der Waals surface area (Å²) in [6, 6.07) is 12.4. The van der Waals surface area contributed by atoms with Gasteiger partial charge in [-0.1, -0.05) is 50.1 Å². The number of hydrogen-bond acceptors (Lipinski definition) is 5. The first-order valence-electron chi connectivity index (χ1n) is 10.9. The number of benzene rings is 2. The molecule has 0 saturated heterocycles. The summed E-state index contributed by atoms with van der Waals surface area (Å²) in [5.41, 5.74) is 3.91. The van der Waals surface area contributed by atoms with Gasteiger partial charge in [-0.2, -0.15) is 0 Å². The number of hydrogen-bond donors (Lipinski definition) is 0. The predicted molar refractivity (Wildman–Crippen MR) is 131 cm³/mol. The van der Waals surface area contributed by atoms with Crippen molar-refractivity contribution in [3.63, 3.8) is 0 Å². The van der Waals surface area contributed by atoms with E-state index in [1.165, 1.54) is 6.07 Å². The van der Waals surface area contributed by atoms with E-state index in [-0.39, 0.29) is 31.5 Å². The van der Waals surface area contributed by atoms with Gasteiger partial charge in [-0.15, -0.1) is 0 Å². The van der Waals surface area contributed by atoms with Crippen molar-refractivity contribution in [1.82, 2.24) is 0 Å². The molecule has 0 amide bonds. The zero-order valence-corrected chi connectivity index (χ0v) is 20.0. The first kappa shape index (κ1) is 26.6. The van der Waals surface area contributed by atoms with Gasteiger partial charge in [0.1, 0.15) is 6.61 Å². The summed E-state index contributed by atoms with van der Waals surface area (Å²) in [6.45, 7) is 16.3. The lowest BCUT2D eigenvalue weighted by Crippen LogP contribution is -2.23. The van der Waals surface area contributed by atoms with Crippen LogP contribution in [0.3, 0.4) is 0 Å². The molecule has 2 aromatic carbocycles.